The van der Waals surface area contributed by atoms with Gasteiger partial charge in [0.05, 0.1) is 0 Å². The maximum atomic E-state index is 9.00. The summed E-state index contributed by atoms with van der Waals surface area (Å²) in [6.07, 6.45) is 0. The molecule has 0 radical (unpaired) electrons. The molecular formula is C11H17NO2. The van der Waals surface area contributed by atoms with Crippen molar-refractivity contribution in [2.24, 2.45) is 0 Å². The minimum Gasteiger partial charge on any atom is -0.481 e. The van der Waals surface area contributed by atoms with E-state index in [1.165, 1.54) is 11.3 Å². The van der Waals surface area contributed by atoms with E-state index < -0.39 is 5.97 Å². The van der Waals surface area contributed by atoms with E-state index in [2.05, 4.69) is 50.2 Å². The van der Waals surface area contributed by atoms with Gasteiger partial charge in [0.15, 0.2) is 0 Å². The Morgan fingerprint density at radius 3 is 2.00 bits per heavy atom. The number of carbonyl (C=O) groups is 1. The van der Waals surface area contributed by atoms with Crippen LogP contribution in [0.25, 0.3) is 0 Å². The third kappa shape index (κ3) is 5.19. The average Bonchev–Trinajstić information content (AvgIpc) is 2.03. The van der Waals surface area contributed by atoms with Crippen molar-refractivity contribution in [2.75, 3.05) is 19.0 Å². The van der Waals surface area contributed by atoms with Crippen LogP contribution in [0.4, 0.5) is 5.69 Å². The summed E-state index contributed by atoms with van der Waals surface area (Å²) >= 11 is 0. The highest BCUT2D eigenvalue weighted by atomic mass is 16.4. The lowest BCUT2D eigenvalue weighted by atomic mass is 10.2. The quantitative estimate of drug-likeness (QED) is 0.746. The van der Waals surface area contributed by atoms with Crippen LogP contribution in [0.15, 0.2) is 24.3 Å². The zero-order valence-corrected chi connectivity index (χ0v) is 9.11. The molecule has 1 aromatic rings. The summed E-state index contributed by atoms with van der Waals surface area (Å²) in [6.45, 7) is 3.20. The van der Waals surface area contributed by atoms with Gasteiger partial charge in [-0.15, -0.1) is 0 Å². The summed E-state index contributed by atoms with van der Waals surface area (Å²) in [7, 11) is 4.12. The van der Waals surface area contributed by atoms with Crippen molar-refractivity contribution in [1.29, 1.82) is 0 Å². The molecule has 3 heteroatoms. The van der Waals surface area contributed by atoms with Crippen molar-refractivity contribution >= 4 is 11.7 Å². The smallest absolute Gasteiger partial charge is 0.300 e. The Morgan fingerprint density at radius 2 is 1.71 bits per heavy atom. The topological polar surface area (TPSA) is 40.5 Å². The number of aliphatic carboxylic acids is 1. The molecule has 0 amide bonds. The summed E-state index contributed by atoms with van der Waals surface area (Å²) in [5.41, 5.74) is 2.62. The number of nitrogens with zero attached hydrogens (tertiary/aromatic N) is 1. The van der Waals surface area contributed by atoms with Crippen LogP contribution in [-0.2, 0) is 4.79 Å². The zero-order chi connectivity index (χ0) is 11.1. The van der Waals surface area contributed by atoms with Crippen LogP contribution in [0.2, 0.25) is 0 Å². The van der Waals surface area contributed by atoms with E-state index >= 15 is 0 Å². The SMILES string of the molecule is CC(=O)O.Cc1ccccc1N(C)C. The second kappa shape index (κ2) is 6.02. The molecule has 0 fully saturated rings. The molecular weight excluding hydrogens is 178 g/mol. The summed E-state index contributed by atoms with van der Waals surface area (Å²) in [6, 6.07) is 8.36. The van der Waals surface area contributed by atoms with E-state index in [4.69, 9.17) is 9.90 Å². The number of para-hydroxylation sites is 1. The Labute approximate surface area is 85.0 Å². The number of benzene rings is 1. The Balaban J connectivity index is 0.000000364. The van der Waals surface area contributed by atoms with Crippen LogP contribution in [0, 0.1) is 6.92 Å². The molecule has 0 saturated heterocycles. The highest BCUT2D eigenvalue weighted by molar-refractivity contribution is 5.62. The Bertz CT molecular complexity index is 291. The van der Waals surface area contributed by atoms with E-state index in [1.807, 2.05) is 0 Å². The van der Waals surface area contributed by atoms with Gasteiger partial charge in [-0.3, -0.25) is 4.79 Å². The maximum absolute atomic E-state index is 9.00. The van der Waals surface area contributed by atoms with Gasteiger partial charge in [-0.05, 0) is 18.6 Å². The Morgan fingerprint density at radius 1 is 1.29 bits per heavy atom. The van der Waals surface area contributed by atoms with E-state index in [0.717, 1.165) is 6.92 Å². The highest BCUT2D eigenvalue weighted by Crippen LogP contribution is 2.15. The lowest BCUT2D eigenvalue weighted by molar-refractivity contribution is -0.134. The van der Waals surface area contributed by atoms with Crippen LogP contribution < -0.4 is 4.90 Å². The van der Waals surface area contributed by atoms with Gasteiger partial charge >= 0.3 is 0 Å². The molecule has 0 aliphatic carbocycles. The predicted octanol–water partition coefficient (Wildman–Crippen LogP) is 2.15. The standard InChI is InChI=1S/C9H13N.C2H4O2/c1-8-6-4-5-7-9(8)10(2)3;1-2(3)4/h4-7H,1-3H3;1H3,(H,3,4). The summed E-state index contributed by atoms with van der Waals surface area (Å²) in [5.74, 6) is -0.833. The van der Waals surface area contributed by atoms with Gasteiger partial charge in [0.2, 0.25) is 0 Å². The van der Waals surface area contributed by atoms with Crippen LogP contribution in [0.5, 0.6) is 0 Å². The van der Waals surface area contributed by atoms with Gasteiger partial charge in [-0.1, -0.05) is 18.2 Å². The number of hydrogen-bond donors (Lipinski definition) is 1. The molecule has 1 aromatic carbocycles. The molecule has 0 heterocycles. The van der Waals surface area contributed by atoms with Gasteiger partial charge in [0.25, 0.3) is 5.97 Å². The van der Waals surface area contributed by atoms with Gasteiger partial charge < -0.3 is 10.0 Å². The molecule has 0 saturated carbocycles. The fourth-order valence-electron chi connectivity index (χ4n) is 1.07. The largest absolute Gasteiger partial charge is 0.481 e. The van der Waals surface area contributed by atoms with E-state index in [-0.39, 0.29) is 0 Å². The number of hydrogen-bond acceptors (Lipinski definition) is 2. The third-order valence-electron chi connectivity index (χ3n) is 1.60. The monoisotopic (exact) mass is 195 g/mol. The van der Waals surface area contributed by atoms with E-state index in [1.54, 1.807) is 0 Å². The van der Waals surface area contributed by atoms with Crippen molar-refractivity contribution in [3.8, 4) is 0 Å². The first-order chi connectivity index (χ1) is 6.45. The molecule has 0 aromatic heterocycles. The molecule has 0 atom stereocenters. The van der Waals surface area contributed by atoms with Crippen molar-refractivity contribution < 1.29 is 9.90 Å². The average molecular weight is 195 g/mol. The minimum absolute atomic E-state index is 0.833. The molecule has 0 aliphatic rings. The molecule has 0 spiro atoms. The third-order valence-corrected chi connectivity index (χ3v) is 1.60. The van der Waals surface area contributed by atoms with Crippen molar-refractivity contribution in [1.82, 2.24) is 0 Å². The minimum atomic E-state index is -0.833. The Kier molecular flexibility index (Phi) is 5.37. The van der Waals surface area contributed by atoms with Crippen LogP contribution in [0.1, 0.15) is 12.5 Å². The van der Waals surface area contributed by atoms with E-state index in [9.17, 15) is 0 Å². The lowest BCUT2D eigenvalue weighted by Gasteiger charge is -2.14. The first-order valence-corrected chi connectivity index (χ1v) is 4.37. The maximum Gasteiger partial charge on any atom is 0.300 e. The van der Waals surface area contributed by atoms with E-state index in [0.29, 0.717) is 0 Å². The molecule has 3 nitrogen and oxygen atoms in total. The van der Waals surface area contributed by atoms with Crippen molar-refractivity contribution in [3.05, 3.63) is 29.8 Å². The zero-order valence-electron chi connectivity index (χ0n) is 9.11. The van der Waals surface area contributed by atoms with Gasteiger partial charge in [0, 0.05) is 26.7 Å². The van der Waals surface area contributed by atoms with Crippen molar-refractivity contribution in [2.45, 2.75) is 13.8 Å². The van der Waals surface area contributed by atoms with Crippen molar-refractivity contribution in [3.63, 3.8) is 0 Å². The summed E-state index contributed by atoms with van der Waals surface area (Å²) in [5, 5.41) is 7.42. The molecule has 1 N–H and O–H groups in total. The molecule has 0 unspecified atom stereocenters. The molecule has 78 valence electrons. The Hall–Kier alpha value is -1.51. The second-order valence-electron chi connectivity index (χ2n) is 3.20. The normalized spacial score (nSPS) is 8.57. The predicted molar refractivity (Wildman–Crippen MR) is 58.8 cm³/mol. The second-order valence-corrected chi connectivity index (χ2v) is 3.20. The van der Waals surface area contributed by atoms with Crippen LogP contribution in [0.3, 0.4) is 0 Å². The molecule has 1 rings (SSSR count). The first kappa shape index (κ1) is 12.5. The van der Waals surface area contributed by atoms with Gasteiger partial charge in [0.1, 0.15) is 0 Å². The summed E-state index contributed by atoms with van der Waals surface area (Å²) in [4.78, 5) is 11.1. The van der Waals surface area contributed by atoms with Gasteiger partial charge in [-0.25, -0.2) is 0 Å². The van der Waals surface area contributed by atoms with Crippen LogP contribution >= 0.6 is 0 Å². The van der Waals surface area contributed by atoms with Crippen LogP contribution in [-0.4, -0.2) is 25.2 Å². The fourth-order valence-corrected chi connectivity index (χ4v) is 1.07. The highest BCUT2D eigenvalue weighted by Gasteiger charge is 1.95. The number of carboxylic acids is 1. The number of rotatable bonds is 1. The molecule has 0 bridgehead atoms. The lowest BCUT2D eigenvalue weighted by Crippen LogP contribution is -2.09. The fraction of sp³-hybridized carbons (Fsp3) is 0.364. The first-order valence-electron chi connectivity index (χ1n) is 4.37. The molecule has 0 aliphatic heterocycles. The summed E-state index contributed by atoms with van der Waals surface area (Å²) < 4.78 is 0. The number of aryl methyl sites for hydroxylation is 1. The van der Waals surface area contributed by atoms with Gasteiger partial charge in [-0.2, -0.15) is 0 Å². The number of carboxylic acid groups (broad SMARTS) is 1. The number of anilines is 1. The molecule has 14 heavy (non-hydrogen) atoms.